The molecule has 2 atom stereocenters. The molecule has 1 aromatic rings. The normalized spacial score (nSPS) is 20.0. The van der Waals surface area contributed by atoms with Crippen LogP contribution in [0.1, 0.15) is 52.2 Å². The first-order valence-corrected chi connectivity index (χ1v) is 12.0. The van der Waals surface area contributed by atoms with Crippen LogP contribution in [0.5, 0.6) is 5.75 Å². The summed E-state index contributed by atoms with van der Waals surface area (Å²) in [6.07, 6.45) is 3.40. The number of aliphatic imine (C=N–C) groups is 1. The third-order valence-corrected chi connectivity index (χ3v) is 6.16. The number of fused-ring (bicyclic) bond motifs is 2. The Kier molecular flexibility index (Phi) is 6.83. The highest BCUT2D eigenvalue weighted by Crippen LogP contribution is 2.41. The van der Waals surface area contributed by atoms with E-state index in [-0.39, 0.29) is 12.4 Å². The lowest BCUT2D eigenvalue weighted by Crippen LogP contribution is -2.46. The predicted octanol–water partition coefficient (Wildman–Crippen LogP) is 3.90. The summed E-state index contributed by atoms with van der Waals surface area (Å²) in [4.78, 5) is 29.8. The van der Waals surface area contributed by atoms with E-state index in [1.54, 1.807) is 20.0 Å². The minimum Gasteiger partial charge on any atom is -0.490 e. The van der Waals surface area contributed by atoms with E-state index < -0.39 is 35.5 Å². The number of benzene rings is 1. The van der Waals surface area contributed by atoms with Crippen LogP contribution >= 0.6 is 0 Å². The number of carbonyl (C=O) groups excluding carboxylic acids is 1. The van der Waals surface area contributed by atoms with Crippen molar-refractivity contribution in [3.63, 3.8) is 0 Å². The average Bonchev–Trinajstić information content (AvgIpc) is 3.17. The summed E-state index contributed by atoms with van der Waals surface area (Å²) in [6, 6.07) is 0.150. The van der Waals surface area contributed by atoms with E-state index in [0.717, 1.165) is 17.5 Å². The summed E-state index contributed by atoms with van der Waals surface area (Å²) < 4.78 is 32.0. The van der Waals surface area contributed by atoms with E-state index in [4.69, 9.17) is 14.2 Å². The lowest BCUT2D eigenvalue weighted by atomic mass is 9.98. The minimum atomic E-state index is -1.14. The van der Waals surface area contributed by atoms with E-state index >= 15 is 4.39 Å². The number of hydrazine groups is 1. The van der Waals surface area contributed by atoms with Gasteiger partial charge < -0.3 is 19.3 Å². The molecule has 4 rings (SSSR count). The Bertz CT molecular complexity index is 1180. The van der Waals surface area contributed by atoms with E-state index in [1.807, 2.05) is 27.7 Å². The van der Waals surface area contributed by atoms with Gasteiger partial charge in [-0.2, -0.15) is 0 Å². The lowest BCUT2D eigenvalue weighted by Gasteiger charge is -2.38. The van der Waals surface area contributed by atoms with Gasteiger partial charge in [-0.1, -0.05) is 0 Å². The van der Waals surface area contributed by atoms with Gasteiger partial charge in [-0.25, -0.2) is 24.0 Å². The Labute approximate surface area is 209 Å². The van der Waals surface area contributed by atoms with Crippen molar-refractivity contribution in [1.82, 2.24) is 5.01 Å². The van der Waals surface area contributed by atoms with Crippen LogP contribution in [0.3, 0.4) is 0 Å². The van der Waals surface area contributed by atoms with Gasteiger partial charge in [-0.15, -0.1) is 0 Å². The van der Waals surface area contributed by atoms with Crippen LogP contribution in [0.15, 0.2) is 34.7 Å². The van der Waals surface area contributed by atoms with Crippen LogP contribution in [0.25, 0.3) is 0 Å². The zero-order valence-corrected chi connectivity index (χ0v) is 21.4. The largest absolute Gasteiger partial charge is 0.490 e. The fraction of sp³-hybridized carbons (Fsp3) is 0.500. The number of anilines is 1. The molecule has 36 heavy (non-hydrogen) atoms. The second-order valence-corrected chi connectivity index (χ2v) is 9.90. The molecule has 0 saturated heterocycles. The molecule has 0 amide bonds. The first-order chi connectivity index (χ1) is 16.9. The molecule has 1 N–H and O–H groups in total. The smallest absolute Gasteiger partial charge is 0.340 e. The maximum Gasteiger partial charge on any atom is 0.340 e. The van der Waals surface area contributed by atoms with Crippen molar-refractivity contribution in [1.29, 1.82) is 0 Å². The fourth-order valence-electron chi connectivity index (χ4n) is 4.60. The van der Waals surface area contributed by atoms with Crippen LogP contribution in [0.2, 0.25) is 0 Å². The molecule has 0 bridgehead atoms. The van der Waals surface area contributed by atoms with Gasteiger partial charge >= 0.3 is 11.9 Å². The second kappa shape index (κ2) is 9.57. The Morgan fingerprint density at radius 3 is 2.69 bits per heavy atom. The van der Waals surface area contributed by atoms with Crippen LogP contribution < -0.4 is 9.75 Å². The number of halogens is 1. The maximum atomic E-state index is 15.1. The number of ether oxygens (including phenoxy) is 3. The Balaban J connectivity index is 1.83. The number of esters is 1. The van der Waals surface area contributed by atoms with Gasteiger partial charge in [0.05, 0.1) is 24.5 Å². The standard InChI is InChI=1S/C26H32FN3O6/c1-7-34-25(33)23(36-26(4,5)6)17-13-29-21(28-15(17)3)12-20(24(31)32)30(29)19-11-18(27)22-16(14(19)2)9-8-10-35-22/h11-13,20,23H,7-10H2,1-6H3,(H,31,32)/t20?,23-/m0/s1. The van der Waals surface area contributed by atoms with E-state index in [9.17, 15) is 14.7 Å². The highest BCUT2D eigenvalue weighted by atomic mass is 19.1. The molecule has 1 unspecified atom stereocenters. The molecular formula is C26H32FN3O6. The summed E-state index contributed by atoms with van der Waals surface area (Å²) in [5, 5.41) is 13.1. The summed E-state index contributed by atoms with van der Waals surface area (Å²) >= 11 is 0. The average molecular weight is 502 g/mol. The van der Waals surface area contributed by atoms with Gasteiger partial charge in [0.25, 0.3) is 0 Å². The highest BCUT2D eigenvalue weighted by molar-refractivity contribution is 6.05. The molecule has 10 heteroatoms. The van der Waals surface area contributed by atoms with Crippen molar-refractivity contribution in [2.75, 3.05) is 18.2 Å². The van der Waals surface area contributed by atoms with Crippen LogP contribution in [0, 0.1) is 12.7 Å². The summed E-state index contributed by atoms with van der Waals surface area (Å²) in [6.45, 7) is 11.3. The maximum absolute atomic E-state index is 15.1. The van der Waals surface area contributed by atoms with Crippen molar-refractivity contribution < 1.29 is 33.3 Å². The molecule has 0 radical (unpaired) electrons. The van der Waals surface area contributed by atoms with Crippen molar-refractivity contribution >= 4 is 23.3 Å². The molecule has 3 aliphatic rings. The number of carboxylic acid groups (broad SMARTS) is 1. The number of aliphatic carboxylic acids is 1. The topological polar surface area (TPSA) is 101 Å². The second-order valence-electron chi connectivity index (χ2n) is 9.90. The highest BCUT2D eigenvalue weighted by Gasteiger charge is 2.42. The van der Waals surface area contributed by atoms with Crippen molar-refractivity contribution in [3.05, 3.63) is 46.7 Å². The molecule has 0 fully saturated rings. The summed E-state index contributed by atoms with van der Waals surface area (Å²) in [7, 11) is 0. The molecule has 9 nitrogen and oxygen atoms in total. The molecule has 0 spiro atoms. The first-order valence-electron chi connectivity index (χ1n) is 12.0. The Morgan fingerprint density at radius 2 is 2.06 bits per heavy atom. The predicted molar refractivity (Wildman–Crippen MR) is 131 cm³/mol. The molecule has 3 aliphatic heterocycles. The number of nitrogens with zero attached hydrogens (tertiary/aromatic N) is 3. The van der Waals surface area contributed by atoms with Gasteiger partial charge in [-0.3, -0.25) is 5.01 Å². The van der Waals surface area contributed by atoms with E-state index in [0.29, 0.717) is 35.8 Å². The number of carboxylic acids is 1. The minimum absolute atomic E-state index is 0.171. The van der Waals surface area contributed by atoms with Crippen molar-refractivity contribution in [2.45, 2.75) is 72.1 Å². The van der Waals surface area contributed by atoms with Gasteiger partial charge in [0.1, 0.15) is 5.82 Å². The van der Waals surface area contributed by atoms with Crippen molar-refractivity contribution in [3.8, 4) is 5.75 Å². The number of hydrogen-bond acceptors (Lipinski definition) is 8. The monoisotopic (exact) mass is 501 g/mol. The first kappa shape index (κ1) is 25.7. The van der Waals surface area contributed by atoms with Crippen LogP contribution in [-0.2, 0) is 25.5 Å². The van der Waals surface area contributed by atoms with E-state index in [1.165, 1.54) is 22.2 Å². The quantitative estimate of drug-likeness (QED) is 0.586. The number of hydrogen-bond donors (Lipinski definition) is 1. The Hall–Kier alpha value is -3.40. The zero-order chi connectivity index (χ0) is 26.4. The van der Waals surface area contributed by atoms with Gasteiger partial charge in [0, 0.05) is 29.1 Å². The van der Waals surface area contributed by atoms with E-state index in [2.05, 4.69) is 4.99 Å². The fourth-order valence-corrected chi connectivity index (χ4v) is 4.60. The van der Waals surface area contributed by atoms with Gasteiger partial charge in [-0.05, 0) is 66.0 Å². The van der Waals surface area contributed by atoms with Gasteiger partial charge in [0.15, 0.2) is 23.7 Å². The molecule has 0 aliphatic carbocycles. The molecule has 3 heterocycles. The number of rotatable bonds is 6. The third kappa shape index (κ3) is 4.69. The molecule has 1 aromatic carbocycles. The lowest BCUT2D eigenvalue weighted by molar-refractivity contribution is -0.161. The third-order valence-electron chi connectivity index (χ3n) is 6.16. The van der Waals surface area contributed by atoms with Crippen LogP contribution in [0.4, 0.5) is 10.1 Å². The molecule has 0 saturated carbocycles. The number of carbonyl (C=O) groups is 2. The molecule has 194 valence electrons. The molecule has 0 aromatic heterocycles. The zero-order valence-electron chi connectivity index (χ0n) is 21.4. The SMILES string of the molecule is CCOC(=O)[C@@H](OC(C)(C)C)C1=CN2C(=CC(C(=O)O)N2c2cc(F)c3c(c2C)CCCO3)N=C1C. The van der Waals surface area contributed by atoms with Crippen molar-refractivity contribution in [2.24, 2.45) is 4.99 Å². The molecular weight excluding hydrogens is 469 g/mol. The van der Waals surface area contributed by atoms with Crippen LogP contribution in [-0.4, -0.2) is 58.7 Å². The summed E-state index contributed by atoms with van der Waals surface area (Å²) in [5.74, 6) is -1.68. The Morgan fingerprint density at radius 1 is 1.33 bits per heavy atom. The van der Waals surface area contributed by atoms with Gasteiger partial charge in [0.2, 0.25) is 0 Å². The summed E-state index contributed by atoms with van der Waals surface area (Å²) in [5.41, 5.74) is 2.06.